The summed E-state index contributed by atoms with van der Waals surface area (Å²) in [6.45, 7) is 2.16. The second-order valence-corrected chi connectivity index (χ2v) is 6.65. The van der Waals surface area contributed by atoms with Gasteiger partial charge in [0.05, 0.1) is 12.2 Å². The van der Waals surface area contributed by atoms with Gasteiger partial charge in [0.25, 0.3) is 5.91 Å². The summed E-state index contributed by atoms with van der Waals surface area (Å²) in [4.78, 5) is 44.1. The molecule has 1 atom stereocenters. The summed E-state index contributed by atoms with van der Waals surface area (Å²) in [5.41, 5.74) is 12.3. The molecule has 2 aliphatic heterocycles. The third-order valence-corrected chi connectivity index (χ3v) is 4.63. The number of nitrogens with one attached hydrogen (secondary N) is 2. The average molecular weight is 366 g/mol. The van der Waals surface area contributed by atoms with E-state index in [1.807, 2.05) is 25.1 Å². The third-order valence-electron chi connectivity index (χ3n) is 4.63. The van der Waals surface area contributed by atoms with Crippen molar-refractivity contribution < 1.29 is 14.4 Å². The largest absolute Gasteiger partial charge is 0.368 e. The number of fused-ring (bicyclic) bond motifs is 1. The molecule has 2 aromatic rings. The number of benzene rings is 1. The first kappa shape index (κ1) is 17.1. The van der Waals surface area contributed by atoms with E-state index in [4.69, 9.17) is 5.73 Å². The molecule has 0 radical (unpaired) electrons. The first-order valence-electron chi connectivity index (χ1n) is 8.57. The van der Waals surface area contributed by atoms with E-state index in [-0.39, 0.29) is 24.2 Å². The van der Waals surface area contributed by atoms with Gasteiger partial charge in [-0.05, 0) is 37.1 Å². The highest BCUT2D eigenvalue weighted by Gasteiger charge is 2.33. The Balaban J connectivity index is 1.55. The number of aromatic nitrogens is 2. The number of hydrazine groups is 1. The van der Waals surface area contributed by atoms with E-state index in [0.717, 1.165) is 16.8 Å². The molecule has 1 aromatic heterocycles. The monoisotopic (exact) mass is 366 g/mol. The number of carbonyl (C=O) groups excluding carboxylic acids is 3. The van der Waals surface area contributed by atoms with Crippen molar-refractivity contribution in [1.82, 2.24) is 25.7 Å². The van der Waals surface area contributed by atoms with Crippen LogP contribution < -0.4 is 16.5 Å². The van der Waals surface area contributed by atoms with Crippen LogP contribution in [0.25, 0.3) is 11.3 Å². The highest BCUT2D eigenvalue weighted by Crippen LogP contribution is 2.28. The fourth-order valence-electron chi connectivity index (χ4n) is 3.33. The van der Waals surface area contributed by atoms with Crippen LogP contribution in [-0.4, -0.2) is 38.7 Å². The van der Waals surface area contributed by atoms with Crippen LogP contribution in [0.1, 0.15) is 34.5 Å². The average Bonchev–Trinajstić information content (AvgIpc) is 2.92. The zero-order valence-corrected chi connectivity index (χ0v) is 14.7. The van der Waals surface area contributed by atoms with E-state index in [2.05, 4.69) is 20.7 Å². The fraction of sp³-hybridized carbons (Fsp3) is 0.278. The van der Waals surface area contributed by atoms with Crippen molar-refractivity contribution in [2.75, 3.05) is 5.73 Å². The maximum Gasteiger partial charge on any atom is 0.268 e. The minimum atomic E-state index is -0.607. The van der Waals surface area contributed by atoms with Crippen molar-refractivity contribution in [3.05, 3.63) is 41.1 Å². The molecule has 9 nitrogen and oxygen atoms in total. The van der Waals surface area contributed by atoms with Gasteiger partial charge in [0.1, 0.15) is 6.04 Å². The van der Waals surface area contributed by atoms with Gasteiger partial charge >= 0.3 is 0 Å². The molecule has 1 unspecified atom stereocenters. The van der Waals surface area contributed by atoms with Gasteiger partial charge in [0.2, 0.25) is 17.8 Å². The van der Waals surface area contributed by atoms with E-state index < -0.39 is 11.9 Å². The number of hydrogen-bond acceptors (Lipinski definition) is 7. The Morgan fingerprint density at radius 1 is 1.22 bits per heavy atom. The molecule has 9 heteroatoms. The number of imide groups is 1. The first-order valence-corrected chi connectivity index (χ1v) is 8.57. The van der Waals surface area contributed by atoms with Crippen molar-refractivity contribution in [3.63, 3.8) is 0 Å². The Hall–Kier alpha value is -3.33. The maximum atomic E-state index is 12.6. The number of nitrogen functional groups attached to an aromatic ring is 1. The molecule has 1 saturated heterocycles. The van der Waals surface area contributed by atoms with E-state index in [1.165, 1.54) is 5.01 Å². The molecule has 1 fully saturated rings. The number of nitrogens with zero attached hydrogens (tertiary/aromatic N) is 3. The molecule has 2 aliphatic rings. The number of hydrogen-bond donors (Lipinski definition) is 3. The van der Waals surface area contributed by atoms with Crippen LogP contribution in [0.5, 0.6) is 0 Å². The minimum Gasteiger partial charge on any atom is -0.368 e. The molecule has 1 aromatic carbocycles. The molecule has 27 heavy (non-hydrogen) atoms. The summed E-state index contributed by atoms with van der Waals surface area (Å²) in [6, 6.07) is 6.67. The number of nitrogens with two attached hydrogens (primary N) is 1. The second-order valence-electron chi connectivity index (χ2n) is 6.65. The van der Waals surface area contributed by atoms with Crippen molar-refractivity contribution in [1.29, 1.82) is 0 Å². The summed E-state index contributed by atoms with van der Waals surface area (Å²) >= 11 is 0. The summed E-state index contributed by atoms with van der Waals surface area (Å²) in [5, 5.41) is 3.69. The van der Waals surface area contributed by atoms with Gasteiger partial charge in [-0.3, -0.25) is 24.7 Å². The Kier molecular flexibility index (Phi) is 4.08. The lowest BCUT2D eigenvalue weighted by atomic mass is 10.0. The van der Waals surface area contributed by atoms with Gasteiger partial charge in [-0.1, -0.05) is 6.07 Å². The zero-order chi connectivity index (χ0) is 19.1. The molecular weight excluding hydrogens is 348 g/mol. The van der Waals surface area contributed by atoms with Crippen LogP contribution in [0.4, 0.5) is 5.95 Å². The summed E-state index contributed by atoms with van der Waals surface area (Å²) in [5.74, 6) is -0.719. The van der Waals surface area contributed by atoms with Crippen molar-refractivity contribution in [3.8, 4) is 11.3 Å². The van der Waals surface area contributed by atoms with Gasteiger partial charge in [-0.25, -0.2) is 15.4 Å². The van der Waals surface area contributed by atoms with E-state index in [9.17, 15) is 14.4 Å². The summed E-state index contributed by atoms with van der Waals surface area (Å²) in [6.07, 6.45) is 0.604. The number of rotatable bonds is 3. The lowest BCUT2D eigenvalue weighted by Crippen LogP contribution is -2.55. The van der Waals surface area contributed by atoms with Crippen LogP contribution >= 0.6 is 0 Å². The normalized spacial score (nSPS) is 19.2. The van der Waals surface area contributed by atoms with Gasteiger partial charge in [-0.15, -0.1) is 0 Å². The van der Waals surface area contributed by atoms with Crippen LogP contribution in [0.3, 0.4) is 0 Å². The maximum absolute atomic E-state index is 12.6. The van der Waals surface area contributed by atoms with Crippen LogP contribution in [0.2, 0.25) is 0 Å². The second kappa shape index (κ2) is 6.44. The van der Waals surface area contributed by atoms with Crippen LogP contribution in [-0.2, 0) is 16.1 Å². The SMILES string of the molecule is Cc1cc(-c2ccc3c(c2)CN(NC2CCC(=O)NC2=O)C3=O)nc(N)n1. The van der Waals surface area contributed by atoms with E-state index in [1.54, 1.807) is 6.07 Å². The lowest BCUT2D eigenvalue weighted by Gasteiger charge is -2.27. The molecule has 0 spiro atoms. The highest BCUT2D eigenvalue weighted by atomic mass is 16.2. The van der Waals surface area contributed by atoms with Gasteiger partial charge in [0, 0.05) is 23.2 Å². The Bertz CT molecular complexity index is 953. The third kappa shape index (κ3) is 3.24. The molecule has 4 N–H and O–H groups in total. The van der Waals surface area contributed by atoms with Gasteiger partial charge in [-0.2, -0.15) is 0 Å². The summed E-state index contributed by atoms with van der Waals surface area (Å²) < 4.78 is 0. The Labute approximate surface area is 154 Å². The molecule has 0 bridgehead atoms. The number of aryl methyl sites for hydroxylation is 1. The van der Waals surface area contributed by atoms with Crippen molar-refractivity contribution in [2.45, 2.75) is 32.4 Å². The molecule has 4 rings (SSSR count). The van der Waals surface area contributed by atoms with E-state index >= 15 is 0 Å². The molecule has 138 valence electrons. The number of carbonyl (C=O) groups is 3. The van der Waals surface area contributed by atoms with Crippen LogP contribution in [0.15, 0.2) is 24.3 Å². The number of anilines is 1. The van der Waals surface area contributed by atoms with Crippen molar-refractivity contribution >= 4 is 23.7 Å². The Morgan fingerprint density at radius 3 is 2.78 bits per heavy atom. The lowest BCUT2D eigenvalue weighted by molar-refractivity contribution is -0.135. The minimum absolute atomic E-state index is 0.197. The molecule has 3 heterocycles. The predicted octanol–water partition coefficient (Wildman–Crippen LogP) is 0.300. The molecular formula is C18H18N6O3. The quantitative estimate of drug-likeness (QED) is 0.666. The van der Waals surface area contributed by atoms with Crippen LogP contribution in [0, 0.1) is 6.92 Å². The fourth-order valence-corrected chi connectivity index (χ4v) is 3.33. The van der Waals surface area contributed by atoms with Gasteiger partial charge in [0.15, 0.2) is 0 Å². The topological polar surface area (TPSA) is 130 Å². The molecule has 3 amide bonds. The predicted molar refractivity (Wildman–Crippen MR) is 95.8 cm³/mol. The number of piperidine rings is 1. The Morgan fingerprint density at radius 2 is 2.04 bits per heavy atom. The molecule has 0 saturated carbocycles. The summed E-state index contributed by atoms with van der Waals surface area (Å²) in [7, 11) is 0. The van der Waals surface area contributed by atoms with Gasteiger partial charge < -0.3 is 5.73 Å². The molecule has 0 aliphatic carbocycles. The van der Waals surface area contributed by atoms with E-state index in [0.29, 0.717) is 24.2 Å². The standard InChI is InChI=1S/C18H18N6O3/c1-9-6-14(21-18(19)20-9)10-2-3-12-11(7-10)8-24(17(12)27)23-13-4-5-15(25)22-16(13)26/h2-3,6-7,13,23H,4-5,8H2,1H3,(H2,19,20,21)(H,22,25,26). The number of amides is 3. The smallest absolute Gasteiger partial charge is 0.268 e. The highest BCUT2D eigenvalue weighted by molar-refractivity contribution is 6.01. The first-order chi connectivity index (χ1) is 12.9. The zero-order valence-electron chi connectivity index (χ0n) is 14.7. The van der Waals surface area contributed by atoms with Crippen molar-refractivity contribution in [2.24, 2.45) is 0 Å².